The van der Waals surface area contributed by atoms with Gasteiger partial charge in [0, 0.05) is 37.4 Å². The van der Waals surface area contributed by atoms with Crippen molar-refractivity contribution in [3.63, 3.8) is 0 Å². The van der Waals surface area contributed by atoms with Gasteiger partial charge in [-0.15, -0.1) is 0 Å². The Balaban J connectivity index is 1.46. The first kappa shape index (κ1) is 12.2. The average molecular weight is 248 g/mol. The van der Waals surface area contributed by atoms with Gasteiger partial charge < -0.3 is 15.6 Å². The lowest BCUT2D eigenvalue weighted by molar-refractivity contribution is 0.322. The van der Waals surface area contributed by atoms with Crippen LogP contribution >= 0.6 is 0 Å². The molecule has 0 spiro atoms. The van der Waals surface area contributed by atoms with Gasteiger partial charge in [0.1, 0.15) is 5.82 Å². The molecule has 4 heteroatoms. The Hall–Kier alpha value is -0.870. The van der Waals surface area contributed by atoms with E-state index in [1.54, 1.807) is 0 Å². The topological polar surface area (TPSA) is 52.7 Å². The van der Waals surface area contributed by atoms with Crippen molar-refractivity contribution in [3.05, 3.63) is 18.2 Å². The van der Waals surface area contributed by atoms with E-state index in [-0.39, 0.29) is 0 Å². The lowest BCUT2D eigenvalue weighted by atomic mass is 9.93. The largest absolute Gasteiger partial charge is 0.349 e. The quantitative estimate of drug-likeness (QED) is 0.739. The molecule has 1 aromatic heterocycles. The van der Waals surface area contributed by atoms with E-state index in [9.17, 15) is 0 Å². The molecule has 1 aromatic rings. The summed E-state index contributed by atoms with van der Waals surface area (Å²) in [5, 5.41) is 7.42. The lowest BCUT2D eigenvalue weighted by Crippen LogP contribution is -2.42. The number of hydrogen-bond acceptors (Lipinski definition) is 3. The van der Waals surface area contributed by atoms with E-state index in [2.05, 4.69) is 20.6 Å². The van der Waals surface area contributed by atoms with Crippen LogP contribution in [0.25, 0.3) is 0 Å². The van der Waals surface area contributed by atoms with Gasteiger partial charge in [-0.05, 0) is 38.1 Å². The van der Waals surface area contributed by atoms with Crippen LogP contribution in [0.2, 0.25) is 0 Å². The smallest absolute Gasteiger partial charge is 0.107 e. The van der Waals surface area contributed by atoms with Gasteiger partial charge in [-0.2, -0.15) is 0 Å². The Morgan fingerprint density at radius 1 is 1.28 bits per heavy atom. The molecule has 4 nitrogen and oxygen atoms in total. The molecule has 3 unspecified atom stereocenters. The summed E-state index contributed by atoms with van der Waals surface area (Å²) in [4.78, 5) is 7.43. The molecule has 3 N–H and O–H groups in total. The van der Waals surface area contributed by atoms with E-state index in [0.717, 1.165) is 36.8 Å². The van der Waals surface area contributed by atoms with Crippen LogP contribution in [0.15, 0.2) is 12.4 Å². The molecule has 2 heterocycles. The van der Waals surface area contributed by atoms with E-state index in [1.807, 2.05) is 12.4 Å². The molecule has 2 aliphatic rings. The highest BCUT2D eigenvalue weighted by atomic mass is 15.0. The van der Waals surface area contributed by atoms with Gasteiger partial charge in [0.2, 0.25) is 0 Å². The number of imidazole rings is 1. The van der Waals surface area contributed by atoms with Gasteiger partial charge in [-0.25, -0.2) is 4.98 Å². The standard InChI is InChI=1S/C14H24N4/c1-3-11(13-5-2-7-15-13)12(4-1)16-8-6-14-17-9-10-18-14/h9-13,15-16H,1-8H2,(H,17,18). The second-order valence-electron chi connectivity index (χ2n) is 5.64. The third-order valence-electron chi connectivity index (χ3n) is 4.51. The van der Waals surface area contributed by atoms with Crippen LogP contribution in [0.4, 0.5) is 0 Å². The summed E-state index contributed by atoms with van der Waals surface area (Å²) in [5.74, 6) is 1.94. The van der Waals surface area contributed by atoms with E-state index >= 15 is 0 Å². The van der Waals surface area contributed by atoms with Crippen molar-refractivity contribution in [1.29, 1.82) is 0 Å². The third-order valence-corrected chi connectivity index (χ3v) is 4.51. The number of aromatic nitrogens is 2. The van der Waals surface area contributed by atoms with E-state index in [1.165, 1.54) is 38.6 Å². The Morgan fingerprint density at radius 3 is 3.06 bits per heavy atom. The van der Waals surface area contributed by atoms with Gasteiger partial charge in [-0.3, -0.25) is 0 Å². The zero-order chi connectivity index (χ0) is 12.2. The number of nitrogens with zero attached hydrogens (tertiary/aromatic N) is 1. The predicted molar refractivity (Wildman–Crippen MR) is 72.4 cm³/mol. The minimum absolute atomic E-state index is 0.718. The van der Waals surface area contributed by atoms with Crippen molar-refractivity contribution in [2.75, 3.05) is 13.1 Å². The number of nitrogens with one attached hydrogen (secondary N) is 3. The van der Waals surface area contributed by atoms with Crippen molar-refractivity contribution < 1.29 is 0 Å². The van der Waals surface area contributed by atoms with Gasteiger partial charge in [-0.1, -0.05) is 6.42 Å². The molecule has 1 aliphatic carbocycles. The number of aromatic amines is 1. The summed E-state index contributed by atoms with van der Waals surface area (Å²) in [5.41, 5.74) is 0. The molecule has 1 saturated carbocycles. The first-order valence-electron chi connectivity index (χ1n) is 7.38. The maximum atomic E-state index is 4.27. The van der Waals surface area contributed by atoms with Gasteiger partial charge in [0.25, 0.3) is 0 Å². The monoisotopic (exact) mass is 248 g/mol. The molecule has 0 bridgehead atoms. The third kappa shape index (κ3) is 2.75. The summed E-state index contributed by atoms with van der Waals surface area (Å²) in [7, 11) is 0. The van der Waals surface area contributed by atoms with Crippen LogP contribution in [0.1, 0.15) is 37.9 Å². The van der Waals surface area contributed by atoms with Crippen LogP contribution < -0.4 is 10.6 Å². The number of H-pyrrole nitrogens is 1. The second-order valence-corrected chi connectivity index (χ2v) is 5.64. The Bertz CT molecular complexity index is 343. The van der Waals surface area contributed by atoms with Crippen molar-refractivity contribution in [3.8, 4) is 0 Å². The van der Waals surface area contributed by atoms with Crippen LogP contribution in [0, 0.1) is 5.92 Å². The first-order valence-corrected chi connectivity index (χ1v) is 7.38. The summed E-state index contributed by atoms with van der Waals surface area (Å²) in [6.07, 6.45) is 11.6. The summed E-state index contributed by atoms with van der Waals surface area (Å²) >= 11 is 0. The SMILES string of the molecule is c1c[nH]c(CCNC2CCCC2C2CCCN2)n1. The van der Waals surface area contributed by atoms with Gasteiger partial charge in [0.15, 0.2) is 0 Å². The predicted octanol–water partition coefficient (Wildman–Crippen LogP) is 1.46. The van der Waals surface area contributed by atoms with E-state index < -0.39 is 0 Å². The highest BCUT2D eigenvalue weighted by Gasteiger charge is 2.34. The highest BCUT2D eigenvalue weighted by Crippen LogP contribution is 2.31. The maximum Gasteiger partial charge on any atom is 0.107 e. The van der Waals surface area contributed by atoms with Crippen LogP contribution in [-0.2, 0) is 6.42 Å². The minimum Gasteiger partial charge on any atom is -0.349 e. The van der Waals surface area contributed by atoms with E-state index in [0.29, 0.717) is 0 Å². The molecule has 0 amide bonds. The number of rotatable bonds is 5. The zero-order valence-corrected chi connectivity index (χ0v) is 11.0. The summed E-state index contributed by atoms with van der Waals surface area (Å²) in [6.45, 7) is 2.27. The normalized spacial score (nSPS) is 32.1. The van der Waals surface area contributed by atoms with Crippen LogP contribution in [0.3, 0.4) is 0 Å². The average Bonchev–Trinajstić information content (AvgIpc) is 3.12. The fourth-order valence-electron chi connectivity index (χ4n) is 3.61. The zero-order valence-electron chi connectivity index (χ0n) is 11.0. The molecular formula is C14H24N4. The first-order chi connectivity index (χ1) is 8.93. The molecule has 100 valence electrons. The lowest BCUT2D eigenvalue weighted by Gasteiger charge is -2.26. The minimum atomic E-state index is 0.718. The maximum absolute atomic E-state index is 4.27. The molecule has 0 aromatic carbocycles. The number of hydrogen-bond donors (Lipinski definition) is 3. The van der Waals surface area contributed by atoms with Crippen LogP contribution in [0.5, 0.6) is 0 Å². The molecule has 2 fully saturated rings. The molecule has 0 radical (unpaired) electrons. The van der Waals surface area contributed by atoms with Crippen molar-refractivity contribution >= 4 is 0 Å². The molecule has 1 aliphatic heterocycles. The fourth-order valence-corrected chi connectivity index (χ4v) is 3.61. The molecule has 1 saturated heterocycles. The van der Waals surface area contributed by atoms with Crippen molar-refractivity contribution in [2.24, 2.45) is 5.92 Å². The van der Waals surface area contributed by atoms with Crippen LogP contribution in [-0.4, -0.2) is 35.1 Å². The highest BCUT2D eigenvalue weighted by molar-refractivity contribution is 4.94. The summed E-state index contributed by atoms with van der Waals surface area (Å²) in [6, 6.07) is 1.49. The Labute approximate surface area is 109 Å². The molecular weight excluding hydrogens is 224 g/mol. The fraction of sp³-hybridized carbons (Fsp3) is 0.786. The summed E-state index contributed by atoms with van der Waals surface area (Å²) < 4.78 is 0. The van der Waals surface area contributed by atoms with Gasteiger partial charge in [0.05, 0.1) is 0 Å². The Kier molecular flexibility index (Phi) is 3.96. The Morgan fingerprint density at radius 2 is 2.28 bits per heavy atom. The van der Waals surface area contributed by atoms with E-state index in [4.69, 9.17) is 0 Å². The molecule has 3 atom stereocenters. The molecule has 18 heavy (non-hydrogen) atoms. The molecule has 3 rings (SSSR count). The van der Waals surface area contributed by atoms with Gasteiger partial charge >= 0.3 is 0 Å². The van der Waals surface area contributed by atoms with Crippen molar-refractivity contribution in [2.45, 2.75) is 50.6 Å². The second kappa shape index (κ2) is 5.85. The van der Waals surface area contributed by atoms with Crippen molar-refractivity contribution in [1.82, 2.24) is 20.6 Å².